The van der Waals surface area contributed by atoms with Crippen molar-refractivity contribution >= 4 is 5.82 Å². The summed E-state index contributed by atoms with van der Waals surface area (Å²) in [6, 6.07) is 9.95. The first-order valence-corrected chi connectivity index (χ1v) is 5.98. The van der Waals surface area contributed by atoms with Crippen molar-refractivity contribution in [2.24, 2.45) is 0 Å². The number of aromatic nitrogens is 2. The van der Waals surface area contributed by atoms with Gasteiger partial charge in [0.2, 0.25) is 0 Å². The Morgan fingerprint density at radius 1 is 1.17 bits per heavy atom. The summed E-state index contributed by atoms with van der Waals surface area (Å²) in [5, 5.41) is 3.18. The van der Waals surface area contributed by atoms with Gasteiger partial charge in [0, 0.05) is 25.4 Å². The molecule has 0 aliphatic heterocycles. The van der Waals surface area contributed by atoms with E-state index in [0.29, 0.717) is 6.61 Å². The van der Waals surface area contributed by atoms with Crippen molar-refractivity contribution in [3.63, 3.8) is 0 Å². The zero-order valence-electron chi connectivity index (χ0n) is 10.7. The second kappa shape index (κ2) is 6.12. The Bertz CT molecular complexity index is 497. The summed E-state index contributed by atoms with van der Waals surface area (Å²) in [5.74, 6) is 1.58. The van der Waals surface area contributed by atoms with E-state index in [-0.39, 0.29) is 0 Å². The molecule has 0 amide bonds. The van der Waals surface area contributed by atoms with E-state index in [9.17, 15) is 0 Å². The van der Waals surface area contributed by atoms with Crippen molar-refractivity contribution in [2.45, 2.75) is 13.5 Å². The Kier molecular flexibility index (Phi) is 4.25. The number of ether oxygens (including phenoxy) is 1. The predicted molar refractivity (Wildman–Crippen MR) is 72.3 cm³/mol. The molecule has 0 bridgehead atoms. The molecule has 0 spiro atoms. The fourth-order valence-corrected chi connectivity index (χ4v) is 1.69. The number of nitrogens with one attached hydrogen (secondary N) is 1. The summed E-state index contributed by atoms with van der Waals surface area (Å²) in [7, 11) is 1.69. The molecule has 1 N–H and O–H groups in total. The van der Waals surface area contributed by atoms with Gasteiger partial charge in [-0.25, -0.2) is 9.97 Å². The molecule has 0 atom stereocenters. The maximum Gasteiger partial charge on any atom is 0.161 e. The van der Waals surface area contributed by atoms with Crippen molar-refractivity contribution in [3.8, 4) is 11.4 Å². The van der Waals surface area contributed by atoms with E-state index < -0.39 is 0 Å². The average molecular weight is 243 g/mol. The summed E-state index contributed by atoms with van der Waals surface area (Å²) < 4.78 is 5.08. The fraction of sp³-hybridized carbons (Fsp3) is 0.286. The molecule has 0 aliphatic rings. The Labute approximate surface area is 107 Å². The molecule has 2 rings (SSSR count). The second-order valence-electron chi connectivity index (χ2n) is 3.93. The van der Waals surface area contributed by atoms with E-state index in [0.717, 1.165) is 29.3 Å². The lowest BCUT2D eigenvalue weighted by Gasteiger charge is -2.05. The number of benzene rings is 1. The highest BCUT2D eigenvalue weighted by molar-refractivity contribution is 5.57. The molecule has 2 aromatic rings. The molecule has 4 nitrogen and oxygen atoms in total. The molecule has 4 heteroatoms. The van der Waals surface area contributed by atoms with Crippen molar-refractivity contribution < 1.29 is 4.74 Å². The van der Waals surface area contributed by atoms with Crippen molar-refractivity contribution in [3.05, 3.63) is 42.1 Å². The molecule has 0 saturated heterocycles. The third-order valence-electron chi connectivity index (χ3n) is 2.54. The molecule has 0 unspecified atom stereocenters. The van der Waals surface area contributed by atoms with Gasteiger partial charge in [0.05, 0.1) is 6.61 Å². The van der Waals surface area contributed by atoms with E-state index in [4.69, 9.17) is 4.74 Å². The molecule has 1 aromatic carbocycles. The Morgan fingerprint density at radius 2 is 1.94 bits per heavy atom. The van der Waals surface area contributed by atoms with Crippen molar-refractivity contribution in [1.82, 2.24) is 9.97 Å². The third-order valence-corrected chi connectivity index (χ3v) is 2.54. The first kappa shape index (κ1) is 12.5. The van der Waals surface area contributed by atoms with Crippen molar-refractivity contribution in [2.75, 3.05) is 19.0 Å². The van der Waals surface area contributed by atoms with Gasteiger partial charge in [-0.15, -0.1) is 0 Å². The maximum atomic E-state index is 5.08. The quantitative estimate of drug-likeness (QED) is 0.877. The van der Waals surface area contributed by atoms with E-state index in [1.807, 2.05) is 37.3 Å². The highest BCUT2D eigenvalue weighted by Crippen LogP contribution is 2.17. The van der Waals surface area contributed by atoms with Gasteiger partial charge >= 0.3 is 0 Å². The summed E-state index contributed by atoms with van der Waals surface area (Å²) in [6.07, 6.45) is 1.77. The minimum atomic E-state index is 0.624. The van der Waals surface area contributed by atoms with Gasteiger partial charge in [0.15, 0.2) is 5.82 Å². The molecule has 1 aromatic heterocycles. The van der Waals surface area contributed by atoms with Crippen LogP contribution in [0.25, 0.3) is 11.4 Å². The largest absolute Gasteiger partial charge is 0.380 e. The van der Waals surface area contributed by atoms with Gasteiger partial charge in [-0.2, -0.15) is 0 Å². The predicted octanol–water partition coefficient (Wildman–Crippen LogP) is 2.72. The summed E-state index contributed by atoms with van der Waals surface area (Å²) >= 11 is 0. The first-order valence-electron chi connectivity index (χ1n) is 5.98. The smallest absolute Gasteiger partial charge is 0.161 e. The molecule has 0 aliphatic carbocycles. The third kappa shape index (κ3) is 3.05. The van der Waals surface area contributed by atoms with Crippen LogP contribution in [0.5, 0.6) is 0 Å². The molecule has 0 saturated carbocycles. The SMILES string of the molecule is CCNc1ccnc(-c2ccc(COC)cc2)n1. The zero-order valence-corrected chi connectivity index (χ0v) is 10.7. The monoisotopic (exact) mass is 243 g/mol. The van der Waals surface area contributed by atoms with Crippen LogP contribution in [0.15, 0.2) is 36.5 Å². The highest BCUT2D eigenvalue weighted by atomic mass is 16.5. The van der Waals surface area contributed by atoms with Crippen LogP contribution in [0.1, 0.15) is 12.5 Å². The zero-order chi connectivity index (χ0) is 12.8. The number of nitrogens with zero attached hydrogens (tertiary/aromatic N) is 2. The molecule has 1 heterocycles. The van der Waals surface area contributed by atoms with Gasteiger partial charge in [-0.05, 0) is 18.6 Å². The Balaban J connectivity index is 2.22. The van der Waals surface area contributed by atoms with Crippen LogP contribution >= 0.6 is 0 Å². The topological polar surface area (TPSA) is 47.0 Å². The van der Waals surface area contributed by atoms with Crippen molar-refractivity contribution in [1.29, 1.82) is 0 Å². The molecule has 94 valence electrons. The lowest BCUT2D eigenvalue weighted by atomic mass is 10.1. The van der Waals surface area contributed by atoms with Crippen LogP contribution in [0.3, 0.4) is 0 Å². The maximum absolute atomic E-state index is 5.08. The van der Waals surface area contributed by atoms with Crippen LogP contribution in [-0.4, -0.2) is 23.6 Å². The average Bonchev–Trinajstić information content (AvgIpc) is 2.41. The van der Waals surface area contributed by atoms with Gasteiger partial charge in [-0.1, -0.05) is 24.3 Å². The molecular formula is C14H17N3O. The van der Waals surface area contributed by atoms with Gasteiger partial charge < -0.3 is 10.1 Å². The minimum Gasteiger partial charge on any atom is -0.380 e. The molecular weight excluding hydrogens is 226 g/mol. The van der Waals surface area contributed by atoms with Crippen LogP contribution in [0.4, 0.5) is 5.82 Å². The number of hydrogen-bond acceptors (Lipinski definition) is 4. The lowest BCUT2D eigenvalue weighted by molar-refractivity contribution is 0.185. The van der Waals surface area contributed by atoms with E-state index >= 15 is 0 Å². The normalized spacial score (nSPS) is 10.3. The summed E-state index contributed by atoms with van der Waals surface area (Å²) in [5.41, 5.74) is 2.15. The molecule has 0 radical (unpaired) electrons. The van der Waals surface area contributed by atoms with Gasteiger partial charge in [0.1, 0.15) is 5.82 Å². The lowest BCUT2D eigenvalue weighted by Crippen LogP contribution is -2.00. The van der Waals surface area contributed by atoms with Crippen LogP contribution in [0, 0.1) is 0 Å². The Hall–Kier alpha value is -1.94. The first-order chi connectivity index (χ1) is 8.83. The fourth-order valence-electron chi connectivity index (χ4n) is 1.69. The van der Waals surface area contributed by atoms with Gasteiger partial charge in [-0.3, -0.25) is 0 Å². The highest BCUT2D eigenvalue weighted by Gasteiger charge is 2.02. The molecule has 0 fully saturated rings. The second-order valence-corrected chi connectivity index (χ2v) is 3.93. The molecule has 18 heavy (non-hydrogen) atoms. The number of anilines is 1. The van der Waals surface area contributed by atoms with Gasteiger partial charge in [0.25, 0.3) is 0 Å². The minimum absolute atomic E-state index is 0.624. The Morgan fingerprint density at radius 3 is 2.61 bits per heavy atom. The van der Waals surface area contributed by atoms with Crippen LogP contribution < -0.4 is 5.32 Å². The standard InChI is InChI=1S/C14H17N3O/c1-3-15-13-8-9-16-14(17-13)12-6-4-11(5-7-12)10-18-2/h4-9H,3,10H2,1-2H3,(H,15,16,17). The summed E-state index contributed by atoms with van der Waals surface area (Å²) in [4.78, 5) is 8.74. The number of hydrogen-bond donors (Lipinski definition) is 1. The van der Waals surface area contributed by atoms with Crippen LogP contribution in [-0.2, 0) is 11.3 Å². The number of methoxy groups -OCH3 is 1. The van der Waals surface area contributed by atoms with Crippen LogP contribution in [0.2, 0.25) is 0 Å². The van der Waals surface area contributed by atoms with E-state index in [2.05, 4.69) is 15.3 Å². The number of rotatable bonds is 5. The van der Waals surface area contributed by atoms with E-state index in [1.165, 1.54) is 0 Å². The van der Waals surface area contributed by atoms with E-state index in [1.54, 1.807) is 13.3 Å². The summed E-state index contributed by atoms with van der Waals surface area (Å²) in [6.45, 7) is 3.52.